The Balaban J connectivity index is 1.72. The molecule has 0 saturated carbocycles. The number of anilines is 1. The number of aliphatic hydroxyl groups is 1. The predicted octanol–water partition coefficient (Wildman–Crippen LogP) is 3.25. The molecule has 1 aromatic heterocycles. The van der Waals surface area contributed by atoms with E-state index < -0.39 is 6.10 Å². The molecule has 1 heterocycles. The van der Waals surface area contributed by atoms with Crippen molar-refractivity contribution in [2.24, 2.45) is 0 Å². The Morgan fingerprint density at radius 2 is 1.86 bits per heavy atom. The second-order valence-corrected chi connectivity index (χ2v) is 5.02. The Hall–Kier alpha value is -2.90. The Morgan fingerprint density at radius 3 is 2.68 bits per heavy atom. The second-order valence-electron chi connectivity index (χ2n) is 5.02. The average molecular weight is 289 g/mol. The van der Waals surface area contributed by atoms with Crippen LogP contribution >= 0.6 is 0 Å². The smallest absolute Gasteiger partial charge is 0.142 e. The minimum Gasteiger partial charge on any atom is -0.387 e. The molecule has 0 aliphatic heterocycles. The highest BCUT2D eigenvalue weighted by atomic mass is 16.3. The highest BCUT2D eigenvalue weighted by Crippen LogP contribution is 2.20. The van der Waals surface area contributed by atoms with Crippen molar-refractivity contribution < 1.29 is 5.11 Å². The van der Waals surface area contributed by atoms with Crippen LogP contribution in [-0.4, -0.2) is 16.6 Å². The number of aromatic nitrogens is 1. The van der Waals surface area contributed by atoms with Crippen LogP contribution in [0.2, 0.25) is 0 Å². The molecular formula is C18H15N3O. The Morgan fingerprint density at radius 1 is 1.05 bits per heavy atom. The first-order chi connectivity index (χ1) is 10.8. The van der Waals surface area contributed by atoms with E-state index in [2.05, 4.69) is 10.3 Å². The van der Waals surface area contributed by atoms with E-state index in [0.29, 0.717) is 18.1 Å². The molecule has 108 valence electrons. The number of nitrogens with one attached hydrogen (secondary N) is 1. The van der Waals surface area contributed by atoms with Gasteiger partial charge < -0.3 is 10.4 Å². The van der Waals surface area contributed by atoms with Crippen molar-refractivity contribution in [3.63, 3.8) is 0 Å². The van der Waals surface area contributed by atoms with E-state index in [0.717, 1.165) is 16.3 Å². The molecular weight excluding hydrogens is 274 g/mol. The van der Waals surface area contributed by atoms with Crippen LogP contribution in [-0.2, 0) is 0 Å². The maximum absolute atomic E-state index is 10.3. The summed E-state index contributed by atoms with van der Waals surface area (Å²) in [4.78, 5) is 4.12. The van der Waals surface area contributed by atoms with E-state index in [9.17, 15) is 5.11 Å². The minimum atomic E-state index is -0.642. The first-order valence-corrected chi connectivity index (χ1v) is 7.04. The van der Waals surface area contributed by atoms with Crippen LogP contribution in [0, 0.1) is 11.3 Å². The van der Waals surface area contributed by atoms with Crippen LogP contribution in [0.15, 0.2) is 60.7 Å². The van der Waals surface area contributed by atoms with Crippen LogP contribution in [0.1, 0.15) is 17.4 Å². The van der Waals surface area contributed by atoms with Crippen LogP contribution in [0.25, 0.3) is 10.8 Å². The van der Waals surface area contributed by atoms with Gasteiger partial charge in [0.15, 0.2) is 0 Å². The quantitative estimate of drug-likeness (QED) is 0.773. The van der Waals surface area contributed by atoms with Gasteiger partial charge in [-0.25, -0.2) is 4.98 Å². The summed E-state index contributed by atoms with van der Waals surface area (Å²) in [5.74, 6) is 0.582. The minimum absolute atomic E-state index is 0.334. The fourth-order valence-electron chi connectivity index (χ4n) is 2.33. The number of nitriles is 1. The highest BCUT2D eigenvalue weighted by Gasteiger charge is 2.08. The third-order valence-corrected chi connectivity index (χ3v) is 3.50. The van der Waals surface area contributed by atoms with E-state index >= 15 is 0 Å². The molecule has 0 aliphatic rings. The summed E-state index contributed by atoms with van der Waals surface area (Å²) in [7, 11) is 0. The van der Waals surface area contributed by atoms with E-state index in [4.69, 9.17) is 5.26 Å². The van der Waals surface area contributed by atoms with E-state index in [1.165, 1.54) is 0 Å². The number of hydrogen-bond acceptors (Lipinski definition) is 4. The molecule has 1 unspecified atom stereocenters. The first kappa shape index (κ1) is 14.1. The molecule has 2 N–H and O–H groups in total. The van der Waals surface area contributed by atoms with Gasteiger partial charge in [0.1, 0.15) is 17.6 Å². The number of aliphatic hydroxyl groups excluding tert-OH is 1. The molecule has 4 nitrogen and oxygen atoms in total. The fourth-order valence-corrected chi connectivity index (χ4v) is 2.33. The van der Waals surface area contributed by atoms with Crippen molar-refractivity contribution >= 4 is 16.6 Å². The summed E-state index contributed by atoms with van der Waals surface area (Å²) >= 11 is 0. The van der Waals surface area contributed by atoms with Gasteiger partial charge in [-0.1, -0.05) is 42.5 Å². The van der Waals surface area contributed by atoms with Crippen LogP contribution in [0.4, 0.5) is 5.82 Å². The standard InChI is InChI=1S/C18H15N3O/c19-11-16-6-3-7-18(21-16)20-12-17(22)15-9-8-13-4-1-2-5-14(13)10-15/h1-10,17,22H,12H2,(H,20,21). The molecule has 2 aromatic carbocycles. The van der Waals surface area contributed by atoms with Gasteiger partial charge in [-0.15, -0.1) is 0 Å². The third kappa shape index (κ3) is 3.05. The second kappa shape index (κ2) is 6.25. The molecule has 0 aliphatic carbocycles. The SMILES string of the molecule is N#Cc1cccc(NCC(O)c2ccc3ccccc3c2)n1. The van der Waals surface area contributed by atoms with Gasteiger partial charge in [-0.2, -0.15) is 5.26 Å². The van der Waals surface area contributed by atoms with Crippen LogP contribution in [0.5, 0.6) is 0 Å². The summed E-state index contributed by atoms with van der Waals surface area (Å²) in [6.07, 6.45) is -0.642. The Labute approximate surface area is 128 Å². The third-order valence-electron chi connectivity index (χ3n) is 3.50. The zero-order chi connectivity index (χ0) is 15.4. The molecule has 0 radical (unpaired) electrons. The van der Waals surface area contributed by atoms with E-state index in [1.54, 1.807) is 18.2 Å². The van der Waals surface area contributed by atoms with Crippen molar-refractivity contribution in [3.05, 3.63) is 71.9 Å². The number of hydrogen-bond donors (Lipinski definition) is 2. The summed E-state index contributed by atoms with van der Waals surface area (Å²) in [5.41, 5.74) is 1.20. The molecule has 0 fully saturated rings. The summed E-state index contributed by atoms with van der Waals surface area (Å²) < 4.78 is 0. The monoisotopic (exact) mass is 289 g/mol. The van der Waals surface area contributed by atoms with Gasteiger partial charge in [-0.3, -0.25) is 0 Å². The Bertz CT molecular complexity index is 839. The number of nitrogens with zero attached hydrogens (tertiary/aromatic N) is 2. The first-order valence-electron chi connectivity index (χ1n) is 7.04. The molecule has 0 bridgehead atoms. The van der Waals surface area contributed by atoms with Crippen molar-refractivity contribution in [3.8, 4) is 6.07 Å². The van der Waals surface area contributed by atoms with E-state index in [-0.39, 0.29) is 0 Å². The highest BCUT2D eigenvalue weighted by molar-refractivity contribution is 5.83. The van der Waals surface area contributed by atoms with Gasteiger partial charge >= 0.3 is 0 Å². The fraction of sp³-hybridized carbons (Fsp3) is 0.111. The number of pyridine rings is 1. The maximum atomic E-state index is 10.3. The zero-order valence-electron chi connectivity index (χ0n) is 11.9. The maximum Gasteiger partial charge on any atom is 0.142 e. The van der Waals surface area contributed by atoms with Crippen LogP contribution < -0.4 is 5.32 Å². The molecule has 3 aromatic rings. The molecule has 4 heteroatoms. The lowest BCUT2D eigenvalue weighted by Crippen LogP contribution is -2.13. The zero-order valence-corrected chi connectivity index (χ0v) is 11.9. The summed E-state index contributed by atoms with van der Waals surface area (Å²) in [6, 6.07) is 21.1. The molecule has 3 rings (SSSR count). The molecule has 0 amide bonds. The van der Waals surface area contributed by atoms with E-state index in [1.807, 2.05) is 48.5 Å². The van der Waals surface area contributed by atoms with Crippen molar-refractivity contribution in [1.82, 2.24) is 4.98 Å². The van der Waals surface area contributed by atoms with Gasteiger partial charge in [0, 0.05) is 6.54 Å². The normalized spacial score (nSPS) is 11.8. The predicted molar refractivity (Wildman–Crippen MR) is 86.3 cm³/mol. The molecule has 0 saturated heterocycles. The lowest BCUT2D eigenvalue weighted by molar-refractivity contribution is 0.191. The Kier molecular flexibility index (Phi) is 3.99. The number of benzene rings is 2. The molecule has 22 heavy (non-hydrogen) atoms. The van der Waals surface area contributed by atoms with Gasteiger partial charge in [-0.05, 0) is 34.5 Å². The van der Waals surface area contributed by atoms with Gasteiger partial charge in [0.2, 0.25) is 0 Å². The summed E-state index contributed by atoms with van der Waals surface area (Å²) in [6.45, 7) is 0.334. The van der Waals surface area contributed by atoms with Crippen molar-refractivity contribution in [2.45, 2.75) is 6.10 Å². The summed E-state index contributed by atoms with van der Waals surface area (Å²) in [5, 5.41) is 24.4. The molecule has 0 spiro atoms. The molecule has 1 atom stereocenters. The lowest BCUT2D eigenvalue weighted by Gasteiger charge is -2.13. The largest absolute Gasteiger partial charge is 0.387 e. The number of rotatable bonds is 4. The number of fused-ring (bicyclic) bond motifs is 1. The van der Waals surface area contributed by atoms with Gasteiger partial charge in [0.05, 0.1) is 6.10 Å². The van der Waals surface area contributed by atoms with Gasteiger partial charge in [0.25, 0.3) is 0 Å². The van der Waals surface area contributed by atoms with Crippen LogP contribution in [0.3, 0.4) is 0 Å². The van der Waals surface area contributed by atoms with Crippen molar-refractivity contribution in [1.29, 1.82) is 5.26 Å². The topological polar surface area (TPSA) is 68.9 Å². The average Bonchev–Trinajstić information content (AvgIpc) is 2.59. The van der Waals surface area contributed by atoms with Crippen molar-refractivity contribution in [2.75, 3.05) is 11.9 Å². The lowest BCUT2D eigenvalue weighted by atomic mass is 10.0.